The Kier molecular flexibility index (Phi) is 7.93. The van der Waals surface area contributed by atoms with E-state index in [1.807, 2.05) is 31.4 Å². The maximum Gasteiger partial charge on any atom is 0.264 e. The first-order valence-electron chi connectivity index (χ1n) is 10.3. The van der Waals surface area contributed by atoms with Crippen LogP contribution in [0.5, 0.6) is 5.75 Å². The number of anilines is 1. The number of carbonyl (C=O) groups is 1. The summed E-state index contributed by atoms with van der Waals surface area (Å²) < 4.78 is 33.5. The van der Waals surface area contributed by atoms with Crippen molar-refractivity contribution in [2.24, 2.45) is 0 Å². The summed E-state index contributed by atoms with van der Waals surface area (Å²) in [5.74, 6) is 0.443. The van der Waals surface area contributed by atoms with E-state index in [0.29, 0.717) is 18.0 Å². The fourth-order valence-corrected chi connectivity index (χ4v) is 5.47. The highest BCUT2D eigenvalue weighted by atomic mass is 32.2. The molecule has 1 aromatic heterocycles. The number of benzene rings is 2. The molecular formula is C24H28N2O4S2. The summed E-state index contributed by atoms with van der Waals surface area (Å²) in [7, 11) is -2.30. The Hall–Kier alpha value is -2.84. The van der Waals surface area contributed by atoms with E-state index < -0.39 is 10.0 Å². The molecule has 0 atom stereocenters. The van der Waals surface area contributed by atoms with Crippen LogP contribution in [0.4, 0.5) is 5.69 Å². The summed E-state index contributed by atoms with van der Waals surface area (Å²) in [6.07, 6.45) is 0.813. The van der Waals surface area contributed by atoms with E-state index in [9.17, 15) is 13.2 Å². The van der Waals surface area contributed by atoms with Crippen molar-refractivity contribution in [3.63, 3.8) is 0 Å². The van der Waals surface area contributed by atoms with Gasteiger partial charge in [0.2, 0.25) is 5.91 Å². The number of amides is 1. The zero-order chi connectivity index (χ0) is 23.1. The van der Waals surface area contributed by atoms with Crippen molar-refractivity contribution < 1.29 is 17.9 Å². The summed E-state index contributed by atoms with van der Waals surface area (Å²) in [6, 6.07) is 15.9. The molecule has 0 saturated heterocycles. The highest BCUT2D eigenvalue weighted by Gasteiger charge is 2.26. The predicted octanol–water partition coefficient (Wildman–Crippen LogP) is 4.32. The van der Waals surface area contributed by atoms with Crippen LogP contribution < -0.4 is 14.4 Å². The van der Waals surface area contributed by atoms with Gasteiger partial charge in [-0.1, -0.05) is 12.1 Å². The van der Waals surface area contributed by atoms with Crippen LogP contribution >= 0.6 is 11.3 Å². The Bertz CT molecular complexity index is 1140. The number of nitrogens with one attached hydrogen (secondary N) is 1. The molecule has 1 amide bonds. The molecule has 0 saturated carbocycles. The Labute approximate surface area is 193 Å². The van der Waals surface area contributed by atoms with Gasteiger partial charge in [-0.05, 0) is 79.2 Å². The molecule has 32 heavy (non-hydrogen) atoms. The fraction of sp³-hybridized carbons (Fsp3) is 0.292. The largest absolute Gasteiger partial charge is 0.497 e. The van der Waals surface area contributed by atoms with Crippen LogP contribution in [-0.4, -0.2) is 34.5 Å². The Morgan fingerprint density at radius 1 is 1.06 bits per heavy atom. The van der Waals surface area contributed by atoms with Gasteiger partial charge >= 0.3 is 0 Å². The number of rotatable bonds is 10. The second-order valence-electron chi connectivity index (χ2n) is 7.45. The number of ether oxygens (including phenoxy) is 1. The van der Waals surface area contributed by atoms with Crippen molar-refractivity contribution in [3.8, 4) is 5.75 Å². The van der Waals surface area contributed by atoms with Crippen molar-refractivity contribution >= 4 is 33.0 Å². The average molecular weight is 473 g/mol. The van der Waals surface area contributed by atoms with Crippen molar-refractivity contribution in [1.82, 2.24) is 5.32 Å². The number of sulfonamides is 1. The molecule has 1 N–H and O–H groups in total. The molecule has 2 aromatic carbocycles. The van der Waals surface area contributed by atoms with E-state index in [2.05, 4.69) is 5.32 Å². The number of hydrogen-bond acceptors (Lipinski definition) is 5. The van der Waals surface area contributed by atoms with Crippen LogP contribution in [0, 0.1) is 13.8 Å². The van der Waals surface area contributed by atoms with E-state index in [4.69, 9.17) is 4.74 Å². The van der Waals surface area contributed by atoms with Crippen LogP contribution in [0.15, 0.2) is 64.9 Å². The zero-order valence-corrected chi connectivity index (χ0v) is 20.1. The van der Waals surface area contributed by atoms with Gasteiger partial charge in [0.15, 0.2) is 0 Å². The molecule has 0 fully saturated rings. The minimum Gasteiger partial charge on any atom is -0.497 e. The number of hydrogen-bond donors (Lipinski definition) is 1. The lowest BCUT2D eigenvalue weighted by Gasteiger charge is -2.25. The van der Waals surface area contributed by atoms with Gasteiger partial charge in [-0.25, -0.2) is 8.42 Å². The molecule has 3 rings (SSSR count). The van der Waals surface area contributed by atoms with Gasteiger partial charge in [-0.15, -0.1) is 11.3 Å². The van der Waals surface area contributed by atoms with E-state index in [1.165, 1.54) is 9.18 Å². The number of methoxy groups -OCH3 is 1. The topological polar surface area (TPSA) is 75.7 Å². The van der Waals surface area contributed by atoms with Crippen molar-refractivity contribution in [3.05, 3.63) is 76.0 Å². The molecule has 170 valence electrons. The molecule has 0 aliphatic heterocycles. The number of nitrogens with zero attached hydrogens (tertiary/aromatic N) is 1. The SMILES string of the molecule is COc1ccc(N(CCC(=O)NCCc2cccs2)S(=O)(=O)c2ccc(C)c(C)c2)cc1. The Balaban J connectivity index is 1.77. The third kappa shape index (κ3) is 5.89. The summed E-state index contributed by atoms with van der Waals surface area (Å²) >= 11 is 1.65. The first kappa shape index (κ1) is 23.8. The molecule has 8 heteroatoms. The zero-order valence-electron chi connectivity index (χ0n) is 18.5. The van der Waals surface area contributed by atoms with Crippen molar-refractivity contribution in [1.29, 1.82) is 0 Å². The minimum absolute atomic E-state index is 0.0341. The predicted molar refractivity (Wildman–Crippen MR) is 129 cm³/mol. The normalized spacial score (nSPS) is 11.2. The lowest BCUT2D eigenvalue weighted by Crippen LogP contribution is -2.35. The summed E-state index contributed by atoms with van der Waals surface area (Å²) in [5, 5.41) is 4.88. The number of thiophene rings is 1. The molecular weight excluding hydrogens is 444 g/mol. The van der Waals surface area contributed by atoms with Crippen molar-refractivity contribution in [2.75, 3.05) is 24.5 Å². The quantitative estimate of drug-likeness (QED) is 0.477. The molecule has 0 spiro atoms. The second kappa shape index (κ2) is 10.7. The van der Waals surface area contributed by atoms with Crippen molar-refractivity contribution in [2.45, 2.75) is 31.6 Å². The molecule has 0 aliphatic carbocycles. The third-order valence-electron chi connectivity index (χ3n) is 5.24. The van der Waals surface area contributed by atoms with Crippen LogP contribution in [0.2, 0.25) is 0 Å². The minimum atomic E-state index is -3.85. The van der Waals surface area contributed by atoms with E-state index in [-0.39, 0.29) is 23.8 Å². The summed E-state index contributed by atoms with van der Waals surface area (Å²) in [6.45, 7) is 4.37. The van der Waals surface area contributed by atoms with Crippen LogP contribution in [0.1, 0.15) is 22.4 Å². The van der Waals surface area contributed by atoms with Crippen LogP contribution in [0.25, 0.3) is 0 Å². The molecule has 0 radical (unpaired) electrons. The lowest BCUT2D eigenvalue weighted by atomic mass is 10.1. The van der Waals surface area contributed by atoms with Gasteiger partial charge in [-0.3, -0.25) is 9.10 Å². The number of aryl methyl sites for hydroxylation is 2. The monoisotopic (exact) mass is 472 g/mol. The Morgan fingerprint density at radius 2 is 1.81 bits per heavy atom. The lowest BCUT2D eigenvalue weighted by molar-refractivity contribution is -0.120. The smallest absolute Gasteiger partial charge is 0.264 e. The fourth-order valence-electron chi connectivity index (χ4n) is 3.21. The Morgan fingerprint density at radius 3 is 2.44 bits per heavy atom. The van der Waals surface area contributed by atoms with E-state index in [0.717, 1.165) is 17.5 Å². The first-order valence-corrected chi connectivity index (χ1v) is 12.7. The maximum atomic E-state index is 13.5. The van der Waals surface area contributed by atoms with E-state index in [1.54, 1.807) is 60.9 Å². The van der Waals surface area contributed by atoms with Gasteiger partial charge < -0.3 is 10.1 Å². The molecule has 6 nitrogen and oxygen atoms in total. The summed E-state index contributed by atoms with van der Waals surface area (Å²) in [5.41, 5.74) is 2.40. The second-order valence-corrected chi connectivity index (χ2v) is 10.3. The highest BCUT2D eigenvalue weighted by Crippen LogP contribution is 2.27. The van der Waals surface area contributed by atoms with Crippen LogP contribution in [0.3, 0.4) is 0 Å². The maximum absolute atomic E-state index is 13.5. The van der Waals surface area contributed by atoms with Gasteiger partial charge in [0.25, 0.3) is 10.0 Å². The van der Waals surface area contributed by atoms with E-state index >= 15 is 0 Å². The average Bonchev–Trinajstić information content (AvgIpc) is 3.29. The molecule has 0 unspecified atom stereocenters. The summed E-state index contributed by atoms with van der Waals surface area (Å²) in [4.78, 5) is 13.8. The molecule has 1 heterocycles. The third-order valence-corrected chi connectivity index (χ3v) is 8.00. The molecule has 3 aromatic rings. The number of carbonyl (C=O) groups excluding carboxylic acids is 1. The van der Waals surface area contributed by atoms with Gasteiger partial charge in [0.05, 0.1) is 17.7 Å². The highest BCUT2D eigenvalue weighted by molar-refractivity contribution is 7.92. The van der Waals surface area contributed by atoms with Gasteiger partial charge in [-0.2, -0.15) is 0 Å². The molecule has 0 aliphatic rings. The van der Waals surface area contributed by atoms with Gasteiger partial charge in [0.1, 0.15) is 5.75 Å². The standard InChI is InChI=1S/C24H28N2O4S2/c1-18-6-11-23(17-19(18)2)32(28,29)26(20-7-9-21(30-3)10-8-20)15-13-24(27)25-14-12-22-5-4-16-31-22/h4-11,16-17H,12-15H2,1-3H3,(H,25,27). The molecule has 0 bridgehead atoms. The van der Waals surface area contributed by atoms with Crippen LogP contribution in [-0.2, 0) is 21.2 Å². The van der Waals surface area contributed by atoms with Gasteiger partial charge in [0, 0.05) is 24.4 Å². The first-order chi connectivity index (χ1) is 15.3.